The molecule has 33 heavy (non-hydrogen) atoms. The number of benzene rings is 2. The molecule has 1 fully saturated rings. The van der Waals surface area contributed by atoms with Crippen molar-refractivity contribution in [2.24, 2.45) is 4.99 Å². The minimum absolute atomic E-state index is 0.0976. The first-order chi connectivity index (χ1) is 15.9. The minimum atomic E-state index is -2.86. The second kappa shape index (κ2) is 11.2. The van der Waals surface area contributed by atoms with Crippen LogP contribution in [-0.2, 0) is 9.59 Å². The van der Waals surface area contributed by atoms with Crippen molar-refractivity contribution in [3.05, 3.63) is 59.7 Å². The monoisotopic (exact) mass is 456 g/mol. The number of carbonyl (C=O) groups excluding carboxylic acids is 2. The Morgan fingerprint density at radius 2 is 2.03 bits per heavy atom. The Hall–Kier alpha value is -3.75. The Morgan fingerprint density at radius 3 is 2.67 bits per heavy atom. The molecular weight excluding hydrogens is 430 g/mol. The molecule has 0 aromatic heterocycles. The Kier molecular flexibility index (Phi) is 8.12. The number of halogens is 2. The molecule has 1 aliphatic rings. The summed E-state index contributed by atoms with van der Waals surface area (Å²) in [7, 11) is 0. The fourth-order valence-corrected chi connectivity index (χ4v) is 3.32. The zero-order chi connectivity index (χ0) is 23.8. The summed E-state index contributed by atoms with van der Waals surface area (Å²) < 4.78 is 28.9. The zero-order valence-electron chi connectivity index (χ0n) is 18.4. The molecule has 1 saturated heterocycles. The Morgan fingerprint density at radius 1 is 1.27 bits per heavy atom. The highest BCUT2D eigenvalue weighted by Gasteiger charge is 2.27. The van der Waals surface area contributed by atoms with Crippen LogP contribution in [0.5, 0.6) is 5.75 Å². The molecule has 7 nitrogen and oxygen atoms in total. The highest BCUT2D eigenvalue weighted by molar-refractivity contribution is 6.09. The van der Waals surface area contributed by atoms with E-state index in [1.165, 1.54) is 12.1 Å². The van der Waals surface area contributed by atoms with Crippen molar-refractivity contribution in [1.29, 1.82) is 0 Å². The number of ether oxygens (including phenoxy) is 1. The average Bonchev–Trinajstić information content (AvgIpc) is 3.23. The van der Waals surface area contributed by atoms with Gasteiger partial charge in [0.05, 0.1) is 0 Å². The van der Waals surface area contributed by atoms with Crippen molar-refractivity contribution in [2.75, 3.05) is 17.3 Å². The summed E-state index contributed by atoms with van der Waals surface area (Å²) in [5, 5.41) is 8.70. The van der Waals surface area contributed by atoms with Gasteiger partial charge in [-0.2, -0.15) is 8.78 Å². The second-order valence-corrected chi connectivity index (χ2v) is 7.47. The number of nitrogens with one attached hydrogen (secondary N) is 3. The first kappa shape index (κ1) is 23.9. The lowest BCUT2D eigenvalue weighted by Gasteiger charge is -2.14. The van der Waals surface area contributed by atoms with Gasteiger partial charge in [-0.3, -0.25) is 14.6 Å². The van der Waals surface area contributed by atoms with E-state index in [0.29, 0.717) is 25.2 Å². The lowest BCUT2D eigenvalue weighted by molar-refractivity contribution is -0.122. The number of aryl methyl sites for hydroxylation is 1. The van der Waals surface area contributed by atoms with Gasteiger partial charge in [0.1, 0.15) is 18.5 Å². The van der Waals surface area contributed by atoms with Gasteiger partial charge in [0.25, 0.3) is 0 Å². The molecule has 0 spiro atoms. The number of aliphatic imine (C=N–C) groups is 1. The number of amides is 2. The Balaban J connectivity index is 1.56. The predicted octanol–water partition coefficient (Wildman–Crippen LogP) is 4.36. The maximum atomic E-state index is 12.4. The molecule has 174 valence electrons. The van der Waals surface area contributed by atoms with Crippen molar-refractivity contribution in [3.63, 3.8) is 0 Å². The van der Waals surface area contributed by atoms with E-state index in [9.17, 15) is 18.4 Å². The van der Waals surface area contributed by atoms with E-state index in [1.807, 2.05) is 38.1 Å². The highest BCUT2D eigenvalue weighted by atomic mass is 19.3. The molecule has 2 aromatic rings. The lowest BCUT2D eigenvalue weighted by atomic mass is 10.1. The first-order valence-corrected chi connectivity index (χ1v) is 10.5. The van der Waals surface area contributed by atoms with E-state index in [4.69, 9.17) is 0 Å². The minimum Gasteiger partial charge on any atom is -0.435 e. The third-order valence-electron chi connectivity index (χ3n) is 5.14. The van der Waals surface area contributed by atoms with Crippen LogP contribution in [0, 0.1) is 6.92 Å². The van der Waals surface area contributed by atoms with Crippen molar-refractivity contribution in [2.45, 2.75) is 39.3 Å². The second-order valence-electron chi connectivity index (χ2n) is 7.47. The normalized spacial score (nSPS) is 16.2. The van der Waals surface area contributed by atoms with Gasteiger partial charge in [-0.25, -0.2) is 0 Å². The van der Waals surface area contributed by atoms with E-state index < -0.39 is 12.7 Å². The van der Waals surface area contributed by atoms with E-state index in [2.05, 4.69) is 25.7 Å². The molecule has 1 atom stereocenters. The van der Waals surface area contributed by atoms with Gasteiger partial charge in [0.2, 0.25) is 11.8 Å². The average molecular weight is 456 g/mol. The zero-order valence-corrected chi connectivity index (χ0v) is 18.4. The number of nitrogens with zero attached hydrogens (tertiary/aromatic N) is 1. The molecule has 0 saturated carbocycles. The van der Waals surface area contributed by atoms with Crippen LogP contribution in [0.25, 0.3) is 5.57 Å². The van der Waals surface area contributed by atoms with E-state index in [1.54, 1.807) is 18.3 Å². The van der Waals surface area contributed by atoms with Gasteiger partial charge in [0.15, 0.2) is 0 Å². The van der Waals surface area contributed by atoms with Gasteiger partial charge in [0, 0.05) is 24.0 Å². The number of carbonyl (C=O) groups is 2. The van der Waals surface area contributed by atoms with Crippen LogP contribution in [0.15, 0.2) is 53.5 Å². The summed E-state index contributed by atoms with van der Waals surface area (Å²) in [6.07, 6.45) is 4.41. The molecular formula is C24H26F2N4O3. The van der Waals surface area contributed by atoms with Crippen molar-refractivity contribution in [3.8, 4) is 5.75 Å². The molecule has 0 radical (unpaired) electrons. The van der Waals surface area contributed by atoms with Crippen LogP contribution in [0.1, 0.15) is 30.9 Å². The molecule has 1 unspecified atom stereocenters. The van der Waals surface area contributed by atoms with E-state index in [-0.39, 0.29) is 17.6 Å². The molecule has 1 heterocycles. The first-order valence-electron chi connectivity index (χ1n) is 10.5. The fraction of sp³-hybridized carbons (Fsp3) is 0.292. The van der Waals surface area contributed by atoms with Crippen molar-refractivity contribution < 1.29 is 23.1 Å². The molecule has 0 bridgehead atoms. The maximum absolute atomic E-state index is 12.4. The smallest absolute Gasteiger partial charge is 0.387 e. The third kappa shape index (κ3) is 6.86. The highest BCUT2D eigenvalue weighted by Crippen LogP contribution is 2.22. The number of anilines is 2. The van der Waals surface area contributed by atoms with Crippen molar-refractivity contribution in [1.82, 2.24) is 5.32 Å². The molecule has 9 heteroatoms. The Bertz CT molecular complexity index is 1050. The number of rotatable bonds is 9. The van der Waals surface area contributed by atoms with Gasteiger partial charge < -0.3 is 20.7 Å². The fourth-order valence-electron chi connectivity index (χ4n) is 3.32. The molecule has 3 N–H and O–H groups in total. The SMILES string of the molecule is C/C=C(\C=N/CNc1ccc(C)c(NC(=O)C2CCC(=O)N2)c1)c1ccc(OC(F)F)cc1. The number of hydrogen-bond acceptors (Lipinski definition) is 5. The summed E-state index contributed by atoms with van der Waals surface area (Å²) in [5.41, 5.74) is 3.99. The van der Waals surface area contributed by atoms with Crippen molar-refractivity contribution >= 4 is 35.0 Å². The van der Waals surface area contributed by atoms with Gasteiger partial charge in [-0.15, -0.1) is 0 Å². The van der Waals surface area contributed by atoms with Gasteiger partial charge in [-0.1, -0.05) is 24.3 Å². The van der Waals surface area contributed by atoms with E-state index in [0.717, 1.165) is 22.4 Å². The van der Waals surface area contributed by atoms with Crippen LogP contribution in [-0.4, -0.2) is 37.4 Å². The summed E-state index contributed by atoms with van der Waals surface area (Å²) in [5.74, 6) is -0.250. The lowest BCUT2D eigenvalue weighted by Crippen LogP contribution is -2.37. The third-order valence-corrected chi connectivity index (χ3v) is 5.14. The summed E-state index contributed by atoms with van der Waals surface area (Å²) >= 11 is 0. The van der Waals surface area contributed by atoms with Gasteiger partial charge >= 0.3 is 6.61 Å². The largest absolute Gasteiger partial charge is 0.435 e. The van der Waals surface area contributed by atoms with Crippen LogP contribution >= 0.6 is 0 Å². The molecule has 2 amide bonds. The molecule has 2 aromatic carbocycles. The van der Waals surface area contributed by atoms with Gasteiger partial charge in [-0.05, 0) is 61.2 Å². The molecule has 1 aliphatic heterocycles. The van der Waals surface area contributed by atoms with E-state index >= 15 is 0 Å². The van der Waals surface area contributed by atoms with Crippen LogP contribution in [0.2, 0.25) is 0 Å². The summed E-state index contributed by atoms with van der Waals surface area (Å²) in [6.45, 7) is 1.18. The molecule has 3 rings (SSSR count). The number of hydrogen-bond donors (Lipinski definition) is 3. The predicted molar refractivity (Wildman–Crippen MR) is 125 cm³/mol. The standard InChI is InChI=1S/C24H26F2N4O3/c1-3-16(17-5-8-19(9-6-17)33-24(25)26)13-27-14-28-18-7-4-15(2)21(12-18)30-23(32)20-10-11-22(31)29-20/h3-9,12-13,20,24,28H,10-11,14H2,1-2H3,(H,29,31)(H,30,32)/b16-3+,27-13-. The quantitative estimate of drug-likeness (QED) is 0.489. The van der Waals surface area contributed by atoms with Crippen LogP contribution in [0.4, 0.5) is 20.2 Å². The summed E-state index contributed by atoms with van der Waals surface area (Å²) in [4.78, 5) is 28.1. The maximum Gasteiger partial charge on any atom is 0.387 e. The number of allylic oxidation sites excluding steroid dienone is 2. The van der Waals surface area contributed by atoms with Crippen LogP contribution < -0.4 is 20.7 Å². The topological polar surface area (TPSA) is 91.8 Å². The summed E-state index contributed by atoms with van der Waals surface area (Å²) in [6, 6.07) is 11.4. The van der Waals surface area contributed by atoms with Crippen LogP contribution in [0.3, 0.4) is 0 Å². The molecule has 0 aliphatic carbocycles. The number of alkyl halides is 2. The Labute approximate surface area is 190 Å².